The van der Waals surface area contributed by atoms with Gasteiger partial charge in [-0.3, -0.25) is 10.2 Å². The molecule has 0 aromatic carbocycles. The minimum atomic E-state index is -0.502. The van der Waals surface area contributed by atoms with E-state index in [1.165, 1.54) is 5.01 Å². The Bertz CT molecular complexity index is 238. The van der Waals surface area contributed by atoms with Crippen molar-refractivity contribution in [2.45, 2.75) is 32.7 Å². The van der Waals surface area contributed by atoms with Crippen LogP contribution in [0.15, 0.2) is 0 Å². The van der Waals surface area contributed by atoms with Gasteiger partial charge in [0.2, 0.25) is 5.91 Å². The van der Waals surface area contributed by atoms with Gasteiger partial charge in [-0.15, -0.1) is 0 Å². The molecule has 5 nitrogen and oxygen atoms in total. The molecule has 5 heteroatoms. The number of nitrogens with one attached hydrogen (secondary N) is 1. The van der Waals surface area contributed by atoms with E-state index >= 15 is 0 Å². The second-order valence-corrected chi connectivity index (χ2v) is 3.56. The van der Waals surface area contributed by atoms with Gasteiger partial charge in [0, 0.05) is 0 Å². The Morgan fingerprint density at radius 2 is 2.31 bits per heavy atom. The third kappa shape index (κ3) is 1.91. The molecule has 0 aliphatic carbocycles. The van der Waals surface area contributed by atoms with E-state index in [4.69, 9.17) is 4.74 Å². The smallest absolute Gasteiger partial charge is 0.429 e. The first kappa shape index (κ1) is 9.83. The van der Waals surface area contributed by atoms with Crippen molar-refractivity contribution >= 4 is 12.0 Å². The van der Waals surface area contributed by atoms with E-state index in [0.29, 0.717) is 13.0 Å². The molecule has 0 aromatic heterocycles. The molecule has 1 aliphatic heterocycles. The summed E-state index contributed by atoms with van der Waals surface area (Å²) in [6.45, 7) is 5.65. The van der Waals surface area contributed by atoms with Gasteiger partial charge in [-0.2, -0.15) is 0 Å². The van der Waals surface area contributed by atoms with Crippen LogP contribution in [-0.2, 0) is 9.53 Å². The van der Waals surface area contributed by atoms with Gasteiger partial charge in [-0.1, -0.05) is 0 Å². The molecule has 0 atom stereocenters. The van der Waals surface area contributed by atoms with E-state index in [9.17, 15) is 9.59 Å². The summed E-state index contributed by atoms with van der Waals surface area (Å²) >= 11 is 0. The van der Waals surface area contributed by atoms with Crippen molar-refractivity contribution in [3.63, 3.8) is 0 Å². The fourth-order valence-corrected chi connectivity index (χ4v) is 1.27. The van der Waals surface area contributed by atoms with E-state index < -0.39 is 11.6 Å². The number of carbonyl (C=O) groups is 2. The quantitative estimate of drug-likeness (QED) is 0.654. The third-order valence-electron chi connectivity index (χ3n) is 1.89. The lowest BCUT2D eigenvalue weighted by molar-refractivity contribution is -0.120. The maximum Gasteiger partial charge on any atom is 0.429 e. The summed E-state index contributed by atoms with van der Waals surface area (Å²) in [4.78, 5) is 22.3. The van der Waals surface area contributed by atoms with Crippen LogP contribution in [-0.4, -0.2) is 29.2 Å². The molecule has 0 bridgehead atoms. The van der Waals surface area contributed by atoms with Crippen molar-refractivity contribution in [3.8, 4) is 0 Å². The Kier molecular flexibility index (Phi) is 2.45. The number of hydrazine groups is 1. The maximum absolute atomic E-state index is 11.3. The Morgan fingerprint density at radius 1 is 1.69 bits per heavy atom. The standard InChI is InChI=1S/C8H14N2O3/c1-4-13-7(12)10-8(2,3)5-6(11)9-10/h4-5H2,1-3H3,(H,9,11). The molecule has 1 fully saturated rings. The van der Waals surface area contributed by atoms with Crippen LogP contribution in [0.1, 0.15) is 27.2 Å². The molecule has 0 radical (unpaired) electrons. The molecule has 1 saturated heterocycles. The second-order valence-electron chi connectivity index (χ2n) is 3.56. The normalized spacial score (nSPS) is 19.9. The highest BCUT2D eigenvalue weighted by Crippen LogP contribution is 2.23. The molecule has 1 heterocycles. The number of hydrogen-bond donors (Lipinski definition) is 1. The summed E-state index contributed by atoms with van der Waals surface area (Å²) in [5.41, 5.74) is 1.95. The topological polar surface area (TPSA) is 58.6 Å². The van der Waals surface area contributed by atoms with E-state index in [1.807, 2.05) is 13.8 Å². The molecule has 74 valence electrons. The largest absolute Gasteiger partial charge is 0.448 e. The van der Waals surface area contributed by atoms with Gasteiger partial charge in [0.05, 0.1) is 18.6 Å². The van der Waals surface area contributed by atoms with Gasteiger partial charge in [0.25, 0.3) is 0 Å². The monoisotopic (exact) mass is 186 g/mol. The van der Waals surface area contributed by atoms with Crippen molar-refractivity contribution in [2.24, 2.45) is 0 Å². The summed E-state index contributed by atoms with van der Waals surface area (Å²) in [5.74, 6) is -0.155. The van der Waals surface area contributed by atoms with E-state index in [0.717, 1.165) is 0 Å². The first-order valence-electron chi connectivity index (χ1n) is 4.24. The lowest BCUT2D eigenvalue weighted by Gasteiger charge is -2.28. The third-order valence-corrected chi connectivity index (χ3v) is 1.89. The molecule has 1 rings (SSSR count). The van der Waals surface area contributed by atoms with E-state index in [1.54, 1.807) is 6.92 Å². The van der Waals surface area contributed by atoms with Crippen LogP contribution >= 0.6 is 0 Å². The first-order chi connectivity index (χ1) is 5.97. The minimum Gasteiger partial charge on any atom is -0.448 e. The Labute approximate surface area is 77.0 Å². The fraction of sp³-hybridized carbons (Fsp3) is 0.750. The Balaban J connectivity index is 2.69. The van der Waals surface area contributed by atoms with Crippen LogP contribution in [0.4, 0.5) is 4.79 Å². The predicted molar refractivity (Wildman–Crippen MR) is 45.7 cm³/mol. The number of carbonyl (C=O) groups excluding carboxylic acids is 2. The van der Waals surface area contributed by atoms with Crippen molar-refractivity contribution in [1.82, 2.24) is 10.4 Å². The van der Waals surface area contributed by atoms with E-state index in [-0.39, 0.29) is 5.91 Å². The van der Waals surface area contributed by atoms with Gasteiger partial charge >= 0.3 is 6.09 Å². The van der Waals surface area contributed by atoms with Crippen LogP contribution in [0.25, 0.3) is 0 Å². The number of rotatable bonds is 1. The number of amides is 2. The van der Waals surface area contributed by atoms with Crippen LogP contribution in [0, 0.1) is 0 Å². The molecule has 0 unspecified atom stereocenters. The van der Waals surface area contributed by atoms with Crippen LogP contribution in [0.5, 0.6) is 0 Å². The lowest BCUT2D eigenvalue weighted by atomic mass is 10.0. The zero-order chi connectivity index (χ0) is 10.1. The molecule has 13 heavy (non-hydrogen) atoms. The zero-order valence-electron chi connectivity index (χ0n) is 8.09. The molecule has 0 aromatic rings. The highest BCUT2D eigenvalue weighted by atomic mass is 16.6. The van der Waals surface area contributed by atoms with E-state index in [2.05, 4.69) is 5.43 Å². The maximum atomic E-state index is 11.3. The van der Waals surface area contributed by atoms with Gasteiger partial charge in [0.1, 0.15) is 0 Å². The van der Waals surface area contributed by atoms with Crippen molar-refractivity contribution in [3.05, 3.63) is 0 Å². The number of ether oxygens (including phenoxy) is 1. The summed E-state index contributed by atoms with van der Waals surface area (Å²) in [7, 11) is 0. The minimum absolute atomic E-state index is 0.155. The molecule has 0 saturated carbocycles. The fourth-order valence-electron chi connectivity index (χ4n) is 1.27. The highest BCUT2D eigenvalue weighted by Gasteiger charge is 2.41. The molecule has 2 amide bonds. The SMILES string of the molecule is CCOC(=O)N1NC(=O)CC1(C)C. The number of nitrogens with zero attached hydrogens (tertiary/aromatic N) is 1. The highest BCUT2D eigenvalue weighted by molar-refractivity contribution is 5.84. The number of hydrogen-bond acceptors (Lipinski definition) is 3. The van der Waals surface area contributed by atoms with Crippen molar-refractivity contribution in [1.29, 1.82) is 0 Å². The summed E-state index contributed by atoms with van der Waals surface area (Å²) in [6, 6.07) is 0. The van der Waals surface area contributed by atoms with Gasteiger partial charge in [0.15, 0.2) is 0 Å². The van der Waals surface area contributed by atoms with Crippen LogP contribution < -0.4 is 5.43 Å². The van der Waals surface area contributed by atoms with Gasteiger partial charge in [-0.25, -0.2) is 9.80 Å². The Morgan fingerprint density at radius 3 is 2.69 bits per heavy atom. The molecular weight excluding hydrogens is 172 g/mol. The molecular formula is C8H14N2O3. The van der Waals surface area contributed by atoms with Crippen LogP contribution in [0.3, 0.4) is 0 Å². The average molecular weight is 186 g/mol. The van der Waals surface area contributed by atoms with Crippen molar-refractivity contribution in [2.75, 3.05) is 6.61 Å². The average Bonchev–Trinajstić information content (AvgIpc) is 2.24. The summed E-state index contributed by atoms with van der Waals surface area (Å²) < 4.78 is 4.78. The molecule has 0 spiro atoms. The summed E-state index contributed by atoms with van der Waals surface area (Å²) in [5, 5.41) is 1.23. The molecule has 1 N–H and O–H groups in total. The van der Waals surface area contributed by atoms with Gasteiger partial charge < -0.3 is 4.74 Å². The van der Waals surface area contributed by atoms with Gasteiger partial charge in [-0.05, 0) is 20.8 Å². The van der Waals surface area contributed by atoms with Crippen LogP contribution in [0.2, 0.25) is 0 Å². The lowest BCUT2D eigenvalue weighted by Crippen LogP contribution is -2.48. The zero-order valence-corrected chi connectivity index (χ0v) is 8.09. The first-order valence-corrected chi connectivity index (χ1v) is 4.24. The summed E-state index contributed by atoms with van der Waals surface area (Å²) in [6.07, 6.45) is -0.190. The molecule has 1 aliphatic rings. The van der Waals surface area contributed by atoms with Crippen molar-refractivity contribution < 1.29 is 14.3 Å². The predicted octanol–water partition coefficient (Wildman–Crippen LogP) is 0.658. The second kappa shape index (κ2) is 3.24. The Hall–Kier alpha value is -1.26.